The van der Waals surface area contributed by atoms with E-state index in [0.29, 0.717) is 6.04 Å². The number of rotatable bonds is 4. The van der Waals surface area contributed by atoms with Crippen LogP contribution in [0.1, 0.15) is 24.9 Å². The molecule has 1 aromatic rings. The average molecular weight is 248 g/mol. The van der Waals surface area contributed by atoms with Crippen LogP contribution < -0.4 is 5.32 Å². The summed E-state index contributed by atoms with van der Waals surface area (Å²) in [6.45, 7) is 10.2. The predicted octanol–water partition coefficient (Wildman–Crippen LogP) is 2.74. The topological polar surface area (TPSA) is 15.3 Å². The van der Waals surface area contributed by atoms with Crippen molar-refractivity contribution in [2.24, 2.45) is 0 Å². The second-order valence-electron chi connectivity index (χ2n) is 5.01. The molecule has 1 aliphatic rings. The van der Waals surface area contributed by atoms with Crippen LogP contribution in [-0.2, 0) is 0 Å². The highest BCUT2D eigenvalue weighted by molar-refractivity contribution is 5.22. The standard InChI is InChI=1S/C15H21FN2/c1-12(2)11-15(18-9-7-17-8-10-18)13-3-5-14(16)6-4-13/h3-6,15,17H,1,7-11H2,2H3/t15-/m1/s1. The molecule has 0 spiro atoms. The van der Waals surface area contributed by atoms with Crippen LogP contribution in [0.3, 0.4) is 0 Å². The number of piperazine rings is 1. The molecule has 1 aromatic carbocycles. The van der Waals surface area contributed by atoms with E-state index in [1.807, 2.05) is 12.1 Å². The molecule has 1 heterocycles. The predicted molar refractivity (Wildman–Crippen MR) is 73.0 cm³/mol. The summed E-state index contributed by atoms with van der Waals surface area (Å²) >= 11 is 0. The van der Waals surface area contributed by atoms with Gasteiger partial charge in [-0.2, -0.15) is 0 Å². The molecule has 98 valence electrons. The number of hydrogen-bond donors (Lipinski definition) is 1. The van der Waals surface area contributed by atoms with E-state index in [4.69, 9.17) is 0 Å². The molecule has 0 bridgehead atoms. The van der Waals surface area contributed by atoms with Gasteiger partial charge in [0, 0.05) is 32.2 Å². The molecule has 0 radical (unpaired) electrons. The molecule has 18 heavy (non-hydrogen) atoms. The highest BCUT2D eigenvalue weighted by Crippen LogP contribution is 2.27. The number of hydrogen-bond acceptors (Lipinski definition) is 2. The lowest BCUT2D eigenvalue weighted by atomic mass is 9.98. The zero-order chi connectivity index (χ0) is 13.0. The van der Waals surface area contributed by atoms with Crippen molar-refractivity contribution in [1.29, 1.82) is 0 Å². The Morgan fingerprint density at radius 2 is 1.94 bits per heavy atom. The third kappa shape index (κ3) is 3.40. The summed E-state index contributed by atoms with van der Waals surface area (Å²) < 4.78 is 13.0. The lowest BCUT2D eigenvalue weighted by Gasteiger charge is -2.35. The zero-order valence-corrected chi connectivity index (χ0v) is 11.0. The summed E-state index contributed by atoms with van der Waals surface area (Å²) in [6, 6.07) is 7.20. The van der Waals surface area contributed by atoms with Gasteiger partial charge in [-0.25, -0.2) is 4.39 Å². The molecular weight excluding hydrogens is 227 g/mol. The highest BCUT2D eigenvalue weighted by Gasteiger charge is 2.21. The van der Waals surface area contributed by atoms with Gasteiger partial charge in [0.15, 0.2) is 0 Å². The monoisotopic (exact) mass is 248 g/mol. The molecule has 1 aliphatic heterocycles. The number of nitrogens with zero attached hydrogens (tertiary/aromatic N) is 1. The van der Waals surface area contributed by atoms with E-state index < -0.39 is 0 Å². The van der Waals surface area contributed by atoms with Crippen molar-refractivity contribution in [1.82, 2.24) is 10.2 Å². The molecule has 0 unspecified atom stereocenters. The van der Waals surface area contributed by atoms with E-state index in [-0.39, 0.29) is 5.82 Å². The lowest BCUT2D eigenvalue weighted by Crippen LogP contribution is -2.45. The first-order valence-electron chi connectivity index (χ1n) is 6.51. The van der Waals surface area contributed by atoms with Gasteiger partial charge in [-0.05, 0) is 31.0 Å². The van der Waals surface area contributed by atoms with Gasteiger partial charge < -0.3 is 5.32 Å². The fourth-order valence-electron chi connectivity index (χ4n) is 2.47. The summed E-state index contributed by atoms with van der Waals surface area (Å²) in [6.07, 6.45) is 0.936. The first kappa shape index (κ1) is 13.2. The largest absolute Gasteiger partial charge is 0.314 e. The maximum Gasteiger partial charge on any atom is 0.123 e. The maximum absolute atomic E-state index is 13.0. The van der Waals surface area contributed by atoms with Crippen molar-refractivity contribution in [3.8, 4) is 0 Å². The Morgan fingerprint density at radius 3 is 2.50 bits per heavy atom. The molecular formula is C15H21FN2. The van der Waals surface area contributed by atoms with Gasteiger partial charge in [-0.3, -0.25) is 4.90 Å². The normalized spacial score (nSPS) is 18.6. The highest BCUT2D eigenvalue weighted by atomic mass is 19.1. The molecule has 2 nitrogen and oxygen atoms in total. The van der Waals surface area contributed by atoms with Crippen molar-refractivity contribution >= 4 is 0 Å². The quantitative estimate of drug-likeness (QED) is 0.824. The molecule has 1 fully saturated rings. The summed E-state index contributed by atoms with van der Waals surface area (Å²) in [5.74, 6) is -0.173. The Morgan fingerprint density at radius 1 is 1.33 bits per heavy atom. The van der Waals surface area contributed by atoms with Gasteiger partial charge in [0.25, 0.3) is 0 Å². The molecule has 0 saturated carbocycles. The van der Waals surface area contributed by atoms with E-state index in [2.05, 4.69) is 23.7 Å². The summed E-state index contributed by atoms with van der Waals surface area (Å²) in [5.41, 5.74) is 2.35. The fraction of sp³-hybridized carbons (Fsp3) is 0.467. The van der Waals surface area contributed by atoms with Crippen LogP contribution in [-0.4, -0.2) is 31.1 Å². The molecule has 1 atom stereocenters. The van der Waals surface area contributed by atoms with Crippen LogP contribution in [0.4, 0.5) is 4.39 Å². The van der Waals surface area contributed by atoms with E-state index in [1.54, 1.807) is 12.1 Å². The molecule has 0 aromatic heterocycles. The van der Waals surface area contributed by atoms with Gasteiger partial charge >= 0.3 is 0 Å². The molecule has 1 saturated heterocycles. The number of halogens is 1. The van der Waals surface area contributed by atoms with Gasteiger partial charge in [0.2, 0.25) is 0 Å². The van der Waals surface area contributed by atoms with Crippen LogP contribution in [0.2, 0.25) is 0 Å². The average Bonchev–Trinajstić information content (AvgIpc) is 2.38. The Balaban J connectivity index is 2.17. The SMILES string of the molecule is C=C(C)C[C@H](c1ccc(F)cc1)N1CCNCC1. The second-order valence-corrected chi connectivity index (χ2v) is 5.01. The van der Waals surface area contributed by atoms with E-state index in [9.17, 15) is 4.39 Å². The maximum atomic E-state index is 13.0. The van der Waals surface area contributed by atoms with Gasteiger partial charge in [0.1, 0.15) is 5.82 Å². The van der Waals surface area contributed by atoms with Crippen molar-refractivity contribution < 1.29 is 4.39 Å². The summed E-state index contributed by atoms with van der Waals surface area (Å²) in [7, 11) is 0. The molecule has 3 heteroatoms. The van der Waals surface area contributed by atoms with Crippen LogP contribution in [0, 0.1) is 5.82 Å². The van der Waals surface area contributed by atoms with Gasteiger partial charge in [-0.1, -0.05) is 17.7 Å². The van der Waals surface area contributed by atoms with E-state index >= 15 is 0 Å². The minimum Gasteiger partial charge on any atom is -0.314 e. The van der Waals surface area contributed by atoms with Gasteiger partial charge in [-0.15, -0.1) is 6.58 Å². The number of benzene rings is 1. The molecule has 0 aliphatic carbocycles. The summed E-state index contributed by atoms with van der Waals surface area (Å²) in [5, 5.41) is 3.36. The Kier molecular flexibility index (Phi) is 4.50. The smallest absolute Gasteiger partial charge is 0.123 e. The summed E-state index contributed by atoms with van der Waals surface area (Å²) in [4.78, 5) is 2.46. The Bertz CT molecular complexity index is 393. The van der Waals surface area contributed by atoms with E-state index in [1.165, 1.54) is 11.1 Å². The minimum atomic E-state index is -0.173. The van der Waals surface area contributed by atoms with Crippen LogP contribution in [0.25, 0.3) is 0 Å². The third-order valence-corrected chi connectivity index (χ3v) is 3.39. The van der Waals surface area contributed by atoms with Crippen molar-refractivity contribution in [3.63, 3.8) is 0 Å². The fourth-order valence-corrected chi connectivity index (χ4v) is 2.47. The van der Waals surface area contributed by atoms with Gasteiger partial charge in [0.05, 0.1) is 0 Å². The van der Waals surface area contributed by atoms with Crippen LogP contribution in [0.15, 0.2) is 36.4 Å². The van der Waals surface area contributed by atoms with Crippen LogP contribution >= 0.6 is 0 Å². The molecule has 2 rings (SSSR count). The van der Waals surface area contributed by atoms with Crippen molar-refractivity contribution in [3.05, 3.63) is 47.8 Å². The van der Waals surface area contributed by atoms with E-state index in [0.717, 1.165) is 32.6 Å². The van der Waals surface area contributed by atoms with Crippen LogP contribution in [0.5, 0.6) is 0 Å². The van der Waals surface area contributed by atoms with Crippen molar-refractivity contribution in [2.45, 2.75) is 19.4 Å². The number of nitrogens with one attached hydrogen (secondary N) is 1. The molecule has 0 amide bonds. The zero-order valence-electron chi connectivity index (χ0n) is 11.0. The Hall–Kier alpha value is -1.19. The first-order valence-corrected chi connectivity index (χ1v) is 6.51. The first-order chi connectivity index (χ1) is 8.66. The Labute approximate surface area is 108 Å². The second kappa shape index (κ2) is 6.12. The third-order valence-electron chi connectivity index (χ3n) is 3.39. The lowest BCUT2D eigenvalue weighted by molar-refractivity contribution is 0.172. The van der Waals surface area contributed by atoms with Crippen molar-refractivity contribution in [2.75, 3.05) is 26.2 Å². The molecule has 1 N–H and O–H groups in total. The minimum absolute atomic E-state index is 0.173.